The lowest BCUT2D eigenvalue weighted by atomic mass is 9.89. The van der Waals surface area contributed by atoms with Crippen LogP contribution in [-0.2, 0) is 9.84 Å². The molecular weight excluding hydrogens is 262 g/mol. The Kier molecular flexibility index (Phi) is 3.83. The molecule has 0 bridgehead atoms. The van der Waals surface area contributed by atoms with E-state index in [9.17, 15) is 22.3 Å². The molecule has 0 radical (unpaired) electrons. The highest BCUT2D eigenvalue weighted by Crippen LogP contribution is 2.39. The lowest BCUT2D eigenvalue weighted by Gasteiger charge is -2.32. The van der Waals surface area contributed by atoms with Crippen molar-refractivity contribution in [3.63, 3.8) is 0 Å². The van der Waals surface area contributed by atoms with E-state index >= 15 is 0 Å². The molecule has 0 amide bonds. The van der Waals surface area contributed by atoms with E-state index in [1.807, 2.05) is 0 Å². The van der Waals surface area contributed by atoms with Crippen molar-refractivity contribution in [2.45, 2.75) is 37.0 Å². The first kappa shape index (κ1) is 15.0. The van der Waals surface area contributed by atoms with Crippen LogP contribution in [0.15, 0.2) is 35.2 Å². The Hall–Kier alpha value is -1.01. The maximum atomic E-state index is 13.9. The number of aliphatic hydroxyl groups is 1. The van der Waals surface area contributed by atoms with Crippen molar-refractivity contribution in [3.05, 3.63) is 30.3 Å². The fourth-order valence-electron chi connectivity index (χ4n) is 1.41. The number of rotatable bonds is 3. The molecule has 0 aliphatic heterocycles. The summed E-state index contributed by atoms with van der Waals surface area (Å²) in [6.45, 7) is 4.06. The number of hydrogen-bond donors (Lipinski definition) is 1. The Labute approximate surface area is 105 Å². The summed E-state index contributed by atoms with van der Waals surface area (Å²) in [6.07, 6.45) is -2.28. The van der Waals surface area contributed by atoms with Gasteiger partial charge in [0.1, 0.15) is 6.10 Å². The van der Waals surface area contributed by atoms with Crippen LogP contribution in [0.3, 0.4) is 0 Å². The molecule has 0 aliphatic carbocycles. The van der Waals surface area contributed by atoms with Crippen LogP contribution in [0.5, 0.6) is 0 Å². The van der Waals surface area contributed by atoms with E-state index in [4.69, 9.17) is 0 Å². The van der Waals surface area contributed by atoms with Gasteiger partial charge in [0, 0.05) is 0 Å². The fourth-order valence-corrected chi connectivity index (χ4v) is 2.89. The predicted molar refractivity (Wildman–Crippen MR) is 64.0 cm³/mol. The van der Waals surface area contributed by atoms with Gasteiger partial charge in [0.15, 0.2) is 0 Å². The summed E-state index contributed by atoms with van der Waals surface area (Å²) >= 11 is 0. The molecule has 102 valence electrons. The third-order valence-corrected chi connectivity index (χ3v) is 4.38. The molecule has 18 heavy (non-hydrogen) atoms. The first-order valence-corrected chi connectivity index (χ1v) is 6.85. The summed E-state index contributed by atoms with van der Waals surface area (Å²) in [5.74, 6) is 0. The Morgan fingerprint density at radius 1 is 1.11 bits per heavy atom. The Balaban J connectivity index is 3.28. The molecule has 0 heterocycles. The van der Waals surface area contributed by atoms with Gasteiger partial charge in [-0.05, 0) is 17.5 Å². The standard InChI is InChI=1S/C12H16F2O3S/c1-11(2,3)10(15)12(13,14)18(16,17)9-7-5-4-6-8-9/h4-8,10,15H,1-3H3. The summed E-state index contributed by atoms with van der Waals surface area (Å²) in [6, 6.07) is 6.40. The molecule has 3 nitrogen and oxygen atoms in total. The normalized spacial score (nSPS) is 15.4. The molecular formula is C12H16F2O3S. The van der Waals surface area contributed by atoms with Gasteiger partial charge in [0.2, 0.25) is 9.84 Å². The largest absolute Gasteiger partial charge is 0.385 e. The summed E-state index contributed by atoms with van der Waals surface area (Å²) in [4.78, 5) is -0.502. The topological polar surface area (TPSA) is 54.4 Å². The average molecular weight is 278 g/mol. The van der Waals surface area contributed by atoms with Crippen molar-refractivity contribution in [1.82, 2.24) is 0 Å². The third-order valence-electron chi connectivity index (χ3n) is 2.55. The summed E-state index contributed by atoms with van der Waals surface area (Å²) in [5.41, 5.74) is -1.24. The number of alkyl halides is 2. The van der Waals surface area contributed by atoms with Gasteiger partial charge < -0.3 is 5.11 Å². The Morgan fingerprint density at radius 2 is 1.56 bits per heavy atom. The molecule has 1 rings (SSSR count). The van der Waals surface area contributed by atoms with Crippen molar-refractivity contribution in [1.29, 1.82) is 0 Å². The zero-order valence-electron chi connectivity index (χ0n) is 10.4. The van der Waals surface area contributed by atoms with Crippen molar-refractivity contribution < 1.29 is 22.3 Å². The maximum absolute atomic E-state index is 13.9. The molecule has 0 fully saturated rings. The third kappa shape index (κ3) is 2.54. The lowest BCUT2D eigenvalue weighted by molar-refractivity contribution is -0.0934. The lowest BCUT2D eigenvalue weighted by Crippen LogP contribution is -2.48. The highest BCUT2D eigenvalue weighted by atomic mass is 32.2. The van der Waals surface area contributed by atoms with E-state index in [-0.39, 0.29) is 0 Å². The van der Waals surface area contributed by atoms with Crippen LogP contribution in [0, 0.1) is 5.41 Å². The predicted octanol–water partition coefficient (Wildman–Crippen LogP) is 2.46. The van der Waals surface area contributed by atoms with Crippen molar-refractivity contribution >= 4 is 9.84 Å². The zero-order valence-corrected chi connectivity index (χ0v) is 11.2. The minimum atomic E-state index is -4.90. The van der Waals surface area contributed by atoms with Gasteiger partial charge in [-0.3, -0.25) is 0 Å². The number of hydrogen-bond acceptors (Lipinski definition) is 3. The minimum Gasteiger partial charge on any atom is -0.385 e. The van der Waals surface area contributed by atoms with E-state index in [1.54, 1.807) is 0 Å². The SMILES string of the molecule is CC(C)(C)C(O)C(F)(F)S(=O)(=O)c1ccccc1. The molecule has 0 aromatic heterocycles. The number of halogens is 2. The molecule has 6 heteroatoms. The van der Waals surface area contributed by atoms with Crippen molar-refractivity contribution in [2.24, 2.45) is 5.41 Å². The molecule has 1 unspecified atom stereocenters. The first-order valence-electron chi connectivity index (χ1n) is 5.37. The molecule has 1 N–H and O–H groups in total. The van der Waals surface area contributed by atoms with Gasteiger partial charge in [0.25, 0.3) is 0 Å². The van der Waals surface area contributed by atoms with E-state index in [0.29, 0.717) is 0 Å². The molecule has 0 saturated heterocycles. The fraction of sp³-hybridized carbons (Fsp3) is 0.500. The molecule has 1 aromatic rings. The van der Waals surface area contributed by atoms with Gasteiger partial charge in [-0.2, -0.15) is 8.78 Å². The molecule has 1 aromatic carbocycles. The van der Waals surface area contributed by atoms with Crippen LogP contribution < -0.4 is 0 Å². The van der Waals surface area contributed by atoms with Crippen LogP contribution in [-0.4, -0.2) is 24.9 Å². The molecule has 0 aliphatic rings. The second-order valence-corrected chi connectivity index (χ2v) is 7.17. The van der Waals surface area contributed by atoms with Crippen LogP contribution in [0.4, 0.5) is 8.78 Å². The van der Waals surface area contributed by atoms with E-state index in [0.717, 1.165) is 12.1 Å². The van der Waals surface area contributed by atoms with Crippen molar-refractivity contribution in [2.75, 3.05) is 0 Å². The second kappa shape index (κ2) is 4.59. The first-order chi connectivity index (χ1) is 8.01. The zero-order chi connectivity index (χ0) is 14.2. The van der Waals surface area contributed by atoms with Gasteiger partial charge in [-0.25, -0.2) is 8.42 Å². The molecule has 1 atom stereocenters. The summed E-state index contributed by atoms with van der Waals surface area (Å²) in [5, 5.41) is 5.35. The van der Waals surface area contributed by atoms with Crippen LogP contribution in [0.25, 0.3) is 0 Å². The number of benzene rings is 1. The summed E-state index contributed by atoms with van der Waals surface area (Å²) in [7, 11) is -4.90. The van der Waals surface area contributed by atoms with E-state index in [2.05, 4.69) is 0 Å². The quantitative estimate of drug-likeness (QED) is 0.924. The minimum absolute atomic E-state index is 0.502. The van der Waals surface area contributed by atoms with Gasteiger partial charge in [0.05, 0.1) is 4.90 Å². The summed E-state index contributed by atoms with van der Waals surface area (Å²) < 4.78 is 51.5. The molecule has 0 saturated carbocycles. The number of aliphatic hydroxyl groups excluding tert-OH is 1. The van der Waals surface area contributed by atoms with E-state index < -0.39 is 31.5 Å². The van der Waals surface area contributed by atoms with Gasteiger partial charge in [-0.15, -0.1) is 0 Å². The van der Waals surface area contributed by atoms with Crippen molar-refractivity contribution in [3.8, 4) is 0 Å². The van der Waals surface area contributed by atoms with Gasteiger partial charge >= 0.3 is 5.25 Å². The smallest absolute Gasteiger partial charge is 0.375 e. The van der Waals surface area contributed by atoms with Gasteiger partial charge in [-0.1, -0.05) is 39.0 Å². The van der Waals surface area contributed by atoms with Crippen LogP contribution in [0.2, 0.25) is 0 Å². The Morgan fingerprint density at radius 3 is 1.94 bits per heavy atom. The number of sulfone groups is 1. The highest BCUT2D eigenvalue weighted by Gasteiger charge is 2.56. The molecule has 0 spiro atoms. The maximum Gasteiger partial charge on any atom is 0.375 e. The average Bonchev–Trinajstić information content (AvgIpc) is 2.27. The van der Waals surface area contributed by atoms with Crippen LogP contribution >= 0.6 is 0 Å². The monoisotopic (exact) mass is 278 g/mol. The van der Waals surface area contributed by atoms with E-state index in [1.165, 1.54) is 39.0 Å². The highest BCUT2D eigenvalue weighted by molar-refractivity contribution is 7.92. The van der Waals surface area contributed by atoms with Crippen LogP contribution in [0.1, 0.15) is 20.8 Å². The Bertz CT molecular complexity index is 504. The second-order valence-electron chi connectivity index (χ2n) is 5.15.